The van der Waals surface area contributed by atoms with Crippen LogP contribution in [0, 0.1) is 0 Å². The molecule has 0 aliphatic heterocycles. The molecule has 0 atom stereocenters. The summed E-state index contributed by atoms with van der Waals surface area (Å²) in [6.07, 6.45) is 1.74. The molecule has 0 aliphatic rings. The molecular weight excluding hydrogens is 370 g/mol. The number of aromatic nitrogens is 5. The minimum Gasteiger partial charge on any atom is -0.484 e. The number of para-hydroxylation sites is 3. The molecule has 6 nitrogen and oxygen atoms in total. The van der Waals surface area contributed by atoms with Gasteiger partial charge in [-0.05, 0) is 36.0 Å². The fraction of sp³-hybridized carbons (Fsp3) is 0.111. The maximum atomic E-state index is 6.10. The molecule has 0 bridgehead atoms. The monoisotopic (exact) mass is 383 g/mol. The highest BCUT2D eigenvalue weighted by Gasteiger charge is 2.13. The van der Waals surface area contributed by atoms with Crippen LogP contribution in [0.15, 0.2) is 64.9 Å². The third kappa shape index (κ3) is 3.49. The van der Waals surface area contributed by atoms with E-state index in [1.807, 2.05) is 54.1 Å². The lowest BCUT2D eigenvalue weighted by molar-refractivity contribution is 0.290. The van der Waals surface area contributed by atoms with Crippen molar-refractivity contribution in [3.63, 3.8) is 0 Å². The summed E-state index contributed by atoms with van der Waals surface area (Å²) in [5, 5.41) is 10.5. The smallest absolute Gasteiger partial charge is 0.197 e. The second-order valence-electron chi connectivity index (χ2n) is 5.48. The van der Waals surface area contributed by atoms with E-state index in [1.165, 1.54) is 11.8 Å². The van der Waals surface area contributed by atoms with Crippen LogP contribution in [0.2, 0.25) is 5.02 Å². The van der Waals surface area contributed by atoms with Crippen molar-refractivity contribution in [2.24, 2.45) is 7.05 Å². The molecule has 8 heteroatoms. The van der Waals surface area contributed by atoms with Crippen molar-refractivity contribution in [2.45, 2.75) is 16.8 Å². The van der Waals surface area contributed by atoms with E-state index in [1.54, 1.807) is 12.3 Å². The topological polar surface area (TPSA) is 65.7 Å². The van der Waals surface area contributed by atoms with Gasteiger partial charge in [-0.15, -0.1) is 10.2 Å². The number of nitrogens with zero attached hydrogens (tertiary/aromatic N) is 5. The Morgan fingerprint density at radius 1 is 1.04 bits per heavy atom. The summed E-state index contributed by atoms with van der Waals surface area (Å²) < 4.78 is 7.61. The molecule has 26 heavy (non-hydrogen) atoms. The van der Waals surface area contributed by atoms with Crippen molar-refractivity contribution >= 4 is 34.4 Å². The number of ether oxygens (including phenoxy) is 1. The molecule has 2 heterocycles. The van der Waals surface area contributed by atoms with Crippen molar-refractivity contribution in [2.75, 3.05) is 0 Å². The summed E-state index contributed by atoms with van der Waals surface area (Å²) in [5.41, 5.74) is 1.71. The van der Waals surface area contributed by atoms with Gasteiger partial charge in [0, 0.05) is 7.05 Å². The van der Waals surface area contributed by atoms with Gasteiger partial charge in [-0.25, -0.2) is 4.98 Å². The Balaban J connectivity index is 1.50. The Bertz CT molecular complexity index is 1070. The molecule has 0 N–H and O–H groups in total. The highest BCUT2D eigenvalue weighted by molar-refractivity contribution is 7.99. The first-order chi connectivity index (χ1) is 12.7. The molecule has 0 saturated heterocycles. The Morgan fingerprint density at radius 2 is 1.81 bits per heavy atom. The van der Waals surface area contributed by atoms with Crippen LogP contribution < -0.4 is 4.74 Å². The molecular formula is C18H14ClN5OS. The van der Waals surface area contributed by atoms with E-state index in [0.717, 1.165) is 16.1 Å². The van der Waals surface area contributed by atoms with Gasteiger partial charge in [0.1, 0.15) is 17.4 Å². The average molecular weight is 384 g/mol. The van der Waals surface area contributed by atoms with Crippen LogP contribution in [-0.2, 0) is 13.7 Å². The molecule has 4 aromatic rings. The largest absolute Gasteiger partial charge is 0.484 e. The molecule has 2 aromatic heterocycles. The van der Waals surface area contributed by atoms with E-state index in [0.29, 0.717) is 21.8 Å². The minimum absolute atomic E-state index is 0.275. The third-order valence-electron chi connectivity index (χ3n) is 3.74. The maximum absolute atomic E-state index is 6.10. The van der Waals surface area contributed by atoms with E-state index < -0.39 is 0 Å². The zero-order chi connectivity index (χ0) is 17.9. The summed E-state index contributed by atoms with van der Waals surface area (Å²) in [5.74, 6) is 1.31. The molecule has 0 unspecified atom stereocenters. The average Bonchev–Trinajstić information content (AvgIpc) is 3.01. The second-order valence-corrected chi connectivity index (χ2v) is 6.87. The lowest BCUT2D eigenvalue weighted by Crippen LogP contribution is -2.04. The summed E-state index contributed by atoms with van der Waals surface area (Å²) in [7, 11) is 1.89. The van der Waals surface area contributed by atoms with E-state index in [2.05, 4.69) is 20.2 Å². The maximum Gasteiger partial charge on any atom is 0.197 e. The van der Waals surface area contributed by atoms with Crippen LogP contribution in [0.3, 0.4) is 0 Å². The quantitative estimate of drug-likeness (QED) is 0.516. The predicted molar refractivity (Wildman–Crippen MR) is 100 cm³/mol. The van der Waals surface area contributed by atoms with E-state index in [4.69, 9.17) is 16.3 Å². The molecule has 0 spiro atoms. The zero-order valence-electron chi connectivity index (χ0n) is 13.8. The molecule has 4 rings (SSSR count). The summed E-state index contributed by atoms with van der Waals surface area (Å²) in [4.78, 5) is 9.02. The number of rotatable bonds is 5. The van der Waals surface area contributed by atoms with Crippen molar-refractivity contribution in [3.05, 3.63) is 65.6 Å². The lowest BCUT2D eigenvalue weighted by atomic mass is 10.3. The molecule has 0 fully saturated rings. The lowest BCUT2D eigenvalue weighted by Gasteiger charge is -2.07. The molecule has 0 aliphatic carbocycles. The van der Waals surface area contributed by atoms with E-state index in [9.17, 15) is 0 Å². The fourth-order valence-electron chi connectivity index (χ4n) is 2.35. The molecule has 2 aromatic carbocycles. The minimum atomic E-state index is 0.275. The van der Waals surface area contributed by atoms with Crippen molar-refractivity contribution in [1.29, 1.82) is 0 Å². The Hall–Kier alpha value is -2.64. The predicted octanol–water partition coefficient (Wildman–Crippen LogP) is 4.14. The van der Waals surface area contributed by atoms with Gasteiger partial charge in [0.15, 0.2) is 11.0 Å². The number of benzene rings is 2. The SMILES string of the molecule is Cn1c(COc2ccccc2Cl)nnc1Sc1cnc2ccccc2n1. The van der Waals surface area contributed by atoms with Crippen molar-refractivity contribution < 1.29 is 4.74 Å². The highest BCUT2D eigenvalue weighted by Crippen LogP contribution is 2.27. The number of hydrogen-bond donors (Lipinski definition) is 0. The van der Waals surface area contributed by atoms with Gasteiger partial charge in [0.25, 0.3) is 0 Å². The van der Waals surface area contributed by atoms with E-state index >= 15 is 0 Å². The summed E-state index contributed by atoms with van der Waals surface area (Å²) >= 11 is 7.51. The van der Waals surface area contributed by atoms with Gasteiger partial charge in [0.05, 0.1) is 22.3 Å². The van der Waals surface area contributed by atoms with E-state index in [-0.39, 0.29) is 6.61 Å². The summed E-state index contributed by atoms with van der Waals surface area (Å²) in [6.45, 7) is 0.275. The first kappa shape index (κ1) is 16.8. The molecule has 0 amide bonds. The van der Waals surface area contributed by atoms with Gasteiger partial charge < -0.3 is 9.30 Å². The van der Waals surface area contributed by atoms with Crippen molar-refractivity contribution in [3.8, 4) is 5.75 Å². The first-order valence-electron chi connectivity index (χ1n) is 7.86. The van der Waals surface area contributed by atoms with Crippen LogP contribution in [0.4, 0.5) is 0 Å². The van der Waals surface area contributed by atoms with Crippen molar-refractivity contribution in [1.82, 2.24) is 24.7 Å². The van der Waals surface area contributed by atoms with Gasteiger partial charge >= 0.3 is 0 Å². The van der Waals surface area contributed by atoms with Gasteiger partial charge in [0.2, 0.25) is 0 Å². The van der Waals surface area contributed by atoms with Gasteiger partial charge in [-0.2, -0.15) is 0 Å². The van der Waals surface area contributed by atoms with Gasteiger partial charge in [-0.3, -0.25) is 4.98 Å². The van der Waals surface area contributed by atoms with Crippen LogP contribution >= 0.6 is 23.4 Å². The van der Waals surface area contributed by atoms with Crippen LogP contribution in [0.5, 0.6) is 5.75 Å². The van der Waals surface area contributed by atoms with Crippen LogP contribution in [0.1, 0.15) is 5.82 Å². The fourth-order valence-corrected chi connectivity index (χ4v) is 3.30. The Labute approximate surface area is 159 Å². The highest BCUT2D eigenvalue weighted by atomic mass is 35.5. The molecule has 0 saturated carbocycles. The van der Waals surface area contributed by atoms with Crippen LogP contribution in [-0.4, -0.2) is 24.7 Å². The number of halogens is 1. The second kappa shape index (κ2) is 7.31. The number of hydrogen-bond acceptors (Lipinski definition) is 6. The van der Waals surface area contributed by atoms with Crippen LogP contribution in [0.25, 0.3) is 11.0 Å². The molecule has 130 valence electrons. The first-order valence-corrected chi connectivity index (χ1v) is 9.05. The standard InChI is InChI=1S/C18H14ClN5OS/c1-24-16(11-25-15-9-5-2-6-12(15)19)22-23-18(24)26-17-10-20-13-7-3-4-8-14(13)21-17/h2-10H,11H2,1H3. The normalized spacial score (nSPS) is 11.0. The summed E-state index contributed by atoms with van der Waals surface area (Å²) in [6, 6.07) is 15.1. The Morgan fingerprint density at radius 3 is 2.65 bits per heavy atom. The third-order valence-corrected chi connectivity index (χ3v) is 5.00. The number of fused-ring (bicyclic) bond motifs is 1. The molecule has 0 radical (unpaired) electrons. The zero-order valence-corrected chi connectivity index (χ0v) is 15.4. The Kier molecular flexibility index (Phi) is 4.73. The van der Waals surface area contributed by atoms with Gasteiger partial charge in [-0.1, -0.05) is 35.9 Å².